The van der Waals surface area contributed by atoms with Crippen molar-refractivity contribution < 1.29 is 18.3 Å². The Morgan fingerprint density at radius 1 is 0.821 bits per heavy atom. The minimum Gasteiger partial charge on any atom is -0.478 e. The third-order valence-electron chi connectivity index (χ3n) is 4.99. The molecular formula is C23H38O4S. The van der Waals surface area contributed by atoms with Gasteiger partial charge in [0.15, 0.2) is 11.1 Å². The maximum Gasteiger partial charge on any atom is 0.337 e. The van der Waals surface area contributed by atoms with Gasteiger partial charge in [0, 0.05) is 0 Å². The number of carboxylic acids is 1. The summed E-state index contributed by atoms with van der Waals surface area (Å²) in [5.41, 5.74) is 0.0433. The van der Waals surface area contributed by atoms with Crippen molar-refractivity contribution in [2.24, 2.45) is 0 Å². The van der Waals surface area contributed by atoms with Crippen LogP contribution in [-0.2, 0) is 15.3 Å². The van der Waals surface area contributed by atoms with Crippen molar-refractivity contribution in [3.63, 3.8) is 0 Å². The zero-order chi connectivity index (χ0) is 20.5. The van der Waals surface area contributed by atoms with Crippen molar-refractivity contribution in [3.8, 4) is 0 Å². The van der Waals surface area contributed by atoms with Crippen molar-refractivity contribution in [2.45, 2.75) is 102 Å². The van der Waals surface area contributed by atoms with Crippen LogP contribution in [0.2, 0.25) is 0 Å². The molecule has 0 radical (unpaired) electrons. The number of hydrogen-bond acceptors (Lipinski definition) is 3. The van der Waals surface area contributed by atoms with Gasteiger partial charge in [0.05, 0.1) is 17.1 Å². The Bertz CT molecular complexity index is 559. The zero-order valence-electron chi connectivity index (χ0n) is 17.5. The van der Waals surface area contributed by atoms with Gasteiger partial charge in [-0.05, 0) is 18.6 Å². The molecule has 5 heteroatoms. The van der Waals surface area contributed by atoms with Gasteiger partial charge in [0.1, 0.15) is 0 Å². The quantitative estimate of drug-likeness (QED) is 0.267. The number of carbonyl (C=O) groups is 1. The maximum atomic E-state index is 12.1. The first-order valence-corrected chi connectivity index (χ1v) is 12.1. The van der Waals surface area contributed by atoms with Crippen LogP contribution in [0.1, 0.15) is 107 Å². The molecular weight excluding hydrogens is 372 g/mol. The summed E-state index contributed by atoms with van der Waals surface area (Å²) in [4.78, 5) is 11.4. The lowest BCUT2D eigenvalue weighted by molar-refractivity contribution is 0.0692. The number of carboxylic acid groups (broad SMARTS) is 1. The number of rotatable bonds is 18. The molecule has 160 valence electrons. The smallest absolute Gasteiger partial charge is 0.337 e. The van der Waals surface area contributed by atoms with Gasteiger partial charge >= 0.3 is 5.97 Å². The molecule has 1 N–H and O–H groups in total. The number of aromatic carboxylic acids is 1. The molecule has 0 fully saturated rings. The molecule has 0 aliphatic carbocycles. The molecule has 1 aromatic carbocycles. The van der Waals surface area contributed by atoms with Gasteiger partial charge in [0.2, 0.25) is 0 Å². The molecule has 0 aromatic heterocycles. The Hall–Kier alpha value is -1.20. The third-order valence-corrected chi connectivity index (χ3v) is 6.08. The SMILES string of the molecule is CCCCCCCCCCCCCCCCOS(=O)c1ccccc1C(=O)O. The predicted octanol–water partition coefficient (Wildman–Crippen LogP) is 6.91. The molecule has 1 aromatic rings. The van der Waals surface area contributed by atoms with E-state index in [1.165, 1.54) is 83.1 Å². The van der Waals surface area contributed by atoms with E-state index in [2.05, 4.69) is 6.92 Å². The summed E-state index contributed by atoms with van der Waals surface area (Å²) in [5, 5.41) is 9.13. The van der Waals surface area contributed by atoms with Crippen molar-refractivity contribution in [1.82, 2.24) is 0 Å². The first-order valence-electron chi connectivity index (χ1n) is 11.0. The Labute approximate surface area is 173 Å². The van der Waals surface area contributed by atoms with E-state index in [1.54, 1.807) is 18.2 Å². The summed E-state index contributed by atoms with van der Waals surface area (Å²) >= 11 is -1.71. The normalized spacial score (nSPS) is 12.2. The molecule has 0 heterocycles. The van der Waals surface area contributed by atoms with Gasteiger partial charge in [-0.15, -0.1) is 0 Å². The standard InChI is InChI=1S/C23H38O4S/c1-2-3-4-5-6-7-8-9-10-11-12-13-14-17-20-27-28(26)22-19-16-15-18-21(22)23(24)25/h15-16,18-19H,2-14,17,20H2,1H3,(H,24,25). The van der Waals surface area contributed by atoms with Crippen LogP contribution in [0.3, 0.4) is 0 Å². The fourth-order valence-electron chi connectivity index (χ4n) is 3.28. The Morgan fingerprint density at radius 2 is 1.29 bits per heavy atom. The van der Waals surface area contributed by atoms with E-state index >= 15 is 0 Å². The summed E-state index contributed by atoms with van der Waals surface area (Å²) < 4.78 is 17.5. The van der Waals surface area contributed by atoms with Gasteiger partial charge in [-0.1, -0.05) is 103 Å². The minimum atomic E-state index is -1.71. The predicted molar refractivity (Wildman–Crippen MR) is 116 cm³/mol. The maximum absolute atomic E-state index is 12.1. The van der Waals surface area contributed by atoms with Gasteiger partial charge in [-0.2, -0.15) is 0 Å². The van der Waals surface area contributed by atoms with Gasteiger partial charge in [-0.25, -0.2) is 9.00 Å². The average Bonchev–Trinajstić information content (AvgIpc) is 2.70. The van der Waals surface area contributed by atoms with Gasteiger partial charge in [-0.3, -0.25) is 4.18 Å². The average molecular weight is 411 g/mol. The van der Waals surface area contributed by atoms with E-state index in [0.717, 1.165) is 12.8 Å². The lowest BCUT2D eigenvalue weighted by Crippen LogP contribution is -2.07. The van der Waals surface area contributed by atoms with Crippen molar-refractivity contribution in [1.29, 1.82) is 0 Å². The highest BCUT2D eigenvalue weighted by atomic mass is 32.2. The summed E-state index contributed by atoms with van der Waals surface area (Å²) in [6, 6.07) is 6.30. The molecule has 0 saturated carbocycles. The van der Waals surface area contributed by atoms with Crippen LogP contribution in [0.5, 0.6) is 0 Å². The fourth-order valence-corrected chi connectivity index (χ4v) is 4.20. The topological polar surface area (TPSA) is 63.6 Å². The van der Waals surface area contributed by atoms with E-state index in [9.17, 15) is 9.00 Å². The third kappa shape index (κ3) is 11.6. The largest absolute Gasteiger partial charge is 0.478 e. The highest BCUT2D eigenvalue weighted by molar-refractivity contribution is 7.80. The molecule has 0 saturated heterocycles. The summed E-state index contributed by atoms with van der Waals surface area (Å²) in [5.74, 6) is -1.08. The molecule has 0 aliphatic rings. The molecule has 4 nitrogen and oxygen atoms in total. The van der Waals surface area contributed by atoms with Crippen LogP contribution in [-0.4, -0.2) is 21.9 Å². The van der Waals surface area contributed by atoms with Crippen LogP contribution in [0.15, 0.2) is 29.2 Å². The van der Waals surface area contributed by atoms with Crippen molar-refractivity contribution >= 4 is 17.0 Å². The highest BCUT2D eigenvalue weighted by Crippen LogP contribution is 2.16. The first kappa shape index (κ1) is 24.8. The van der Waals surface area contributed by atoms with Crippen LogP contribution in [0, 0.1) is 0 Å². The molecule has 0 aliphatic heterocycles. The molecule has 0 spiro atoms. The van der Waals surface area contributed by atoms with Crippen LogP contribution in [0.25, 0.3) is 0 Å². The zero-order valence-corrected chi connectivity index (χ0v) is 18.3. The number of unbranched alkanes of at least 4 members (excludes halogenated alkanes) is 13. The van der Waals surface area contributed by atoms with E-state index in [0.29, 0.717) is 6.61 Å². The lowest BCUT2D eigenvalue weighted by Gasteiger charge is -2.06. The molecule has 1 unspecified atom stereocenters. The fraction of sp³-hybridized carbons (Fsp3) is 0.696. The van der Waals surface area contributed by atoms with Crippen LogP contribution < -0.4 is 0 Å². The Morgan fingerprint density at radius 3 is 1.79 bits per heavy atom. The molecule has 1 rings (SSSR count). The van der Waals surface area contributed by atoms with E-state index in [1.807, 2.05) is 0 Å². The number of hydrogen-bond donors (Lipinski definition) is 1. The van der Waals surface area contributed by atoms with Crippen molar-refractivity contribution in [2.75, 3.05) is 6.61 Å². The van der Waals surface area contributed by atoms with Crippen LogP contribution >= 0.6 is 0 Å². The summed E-state index contributed by atoms with van der Waals surface area (Å²) in [7, 11) is 0. The van der Waals surface area contributed by atoms with E-state index in [4.69, 9.17) is 9.29 Å². The summed E-state index contributed by atoms with van der Waals surface area (Å²) in [6.07, 6.45) is 18.0. The van der Waals surface area contributed by atoms with E-state index in [-0.39, 0.29) is 10.5 Å². The van der Waals surface area contributed by atoms with Crippen LogP contribution in [0.4, 0.5) is 0 Å². The molecule has 0 bridgehead atoms. The monoisotopic (exact) mass is 410 g/mol. The second-order valence-electron chi connectivity index (χ2n) is 7.45. The lowest BCUT2D eigenvalue weighted by atomic mass is 10.0. The summed E-state index contributed by atoms with van der Waals surface area (Å²) in [6.45, 7) is 2.66. The highest BCUT2D eigenvalue weighted by Gasteiger charge is 2.15. The van der Waals surface area contributed by atoms with Crippen molar-refractivity contribution in [3.05, 3.63) is 29.8 Å². The van der Waals surface area contributed by atoms with Gasteiger partial charge < -0.3 is 5.11 Å². The molecule has 28 heavy (non-hydrogen) atoms. The first-order chi connectivity index (χ1) is 13.7. The van der Waals surface area contributed by atoms with Gasteiger partial charge in [0.25, 0.3) is 0 Å². The second-order valence-corrected chi connectivity index (χ2v) is 8.60. The molecule has 1 atom stereocenters. The van der Waals surface area contributed by atoms with E-state index < -0.39 is 17.0 Å². The number of benzene rings is 1. The Kier molecular flexibility index (Phi) is 14.8. The minimum absolute atomic E-state index is 0.0433. The Balaban J connectivity index is 1.94. The second kappa shape index (κ2) is 16.7. The molecule has 0 amide bonds.